The normalized spacial score (nSPS) is 15.7. The van der Waals surface area contributed by atoms with Crippen molar-refractivity contribution in [1.29, 1.82) is 0 Å². The average molecular weight is 365 g/mol. The second-order valence-corrected chi connectivity index (χ2v) is 7.80. The Balaban J connectivity index is 1.57. The van der Waals surface area contributed by atoms with Crippen LogP contribution in [0, 0.1) is 0 Å². The topological polar surface area (TPSA) is 32.7 Å². The molecule has 4 heteroatoms. The predicted molar refractivity (Wildman–Crippen MR) is 107 cm³/mol. The van der Waals surface area contributed by atoms with E-state index in [4.69, 9.17) is 4.74 Å². The highest BCUT2D eigenvalue weighted by molar-refractivity contribution is 7.13. The summed E-state index contributed by atoms with van der Waals surface area (Å²) in [5.74, 6) is 1.33. The molecule has 0 spiro atoms. The molecule has 0 fully saturated rings. The molecule has 26 heavy (non-hydrogen) atoms. The van der Waals surface area contributed by atoms with Gasteiger partial charge in [-0.3, -0.25) is 4.90 Å². The Kier molecular flexibility index (Phi) is 4.96. The molecule has 1 unspecified atom stereocenters. The number of thiophene rings is 1. The van der Waals surface area contributed by atoms with Gasteiger partial charge in [0.25, 0.3) is 0 Å². The van der Waals surface area contributed by atoms with E-state index in [0.717, 1.165) is 35.6 Å². The molecule has 0 bridgehead atoms. The first-order valence-electron chi connectivity index (χ1n) is 9.00. The minimum atomic E-state index is 0.240. The Bertz CT molecular complexity index is 861. The second-order valence-electron chi connectivity index (χ2n) is 6.86. The summed E-state index contributed by atoms with van der Waals surface area (Å²) in [7, 11) is 0. The second kappa shape index (κ2) is 7.52. The van der Waals surface area contributed by atoms with E-state index in [-0.39, 0.29) is 5.75 Å². The van der Waals surface area contributed by atoms with Crippen LogP contribution >= 0.6 is 11.3 Å². The number of benzene rings is 2. The zero-order valence-electron chi connectivity index (χ0n) is 14.9. The number of aromatic hydroxyl groups is 1. The lowest BCUT2D eigenvalue weighted by atomic mass is 10.00. The van der Waals surface area contributed by atoms with Crippen molar-refractivity contribution < 1.29 is 9.84 Å². The zero-order chi connectivity index (χ0) is 17.9. The van der Waals surface area contributed by atoms with Crippen LogP contribution in [0.3, 0.4) is 0 Å². The number of rotatable bonds is 4. The summed E-state index contributed by atoms with van der Waals surface area (Å²) in [5, 5.41) is 12.5. The molecule has 2 heterocycles. The van der Waals surface area contributed by atoms with E-state index in [1.165, 1.54) is 5.56 Å². The van der Waals surface area contributed by atoms with Crippen molar-refractivity contribution in [2.75, 3.05) is 19.7 Å². The Hall–Kier alpha value is -2.30. The molecular formula is C22H23NO2S. The number of phenolic OH excluding ortho intramolecular Hbond substituents is 1. The zero-order valence-corrected chi connectivity index (χ0v) is 15.7. The van der Waals surface area contributed by atoms with Crippen LogP contribution in [0.25, 0.3) is 10.4 Å². The van der Waals surface area contributed by atoms with Crippen LogP contribution in [0.15, 0.2) is 60.0 Å². The molecule has 0 aliphatic carbocycles. The van der Waals surface area contributed by atoms with Crippen LogP contribution in [-0.2, 0) is 6.54 Å². The molecule has 3 nitrogen and oxygen atoms in total. The van der Waals surface area contributed by atoms with Crippen LogP contribution in [0.2, 0.25) is 0 Å². The number of phenols is 1. The molecule has 0 amide bonds. The van der Waals surface area contributed by atoms with Gasteiger partial charge in [-0.05, 0) is 40.6 Å². The number of nitrogens with zero attached hydrogens (tertiary/aromatic N) is 1. The fourth-order valence-corrected chi connectivity index (χ4v) is 4.28. The summed E-state index contributed by atoms with van der Waals surface area (Å²) in [6.07, 6.45) is 0. The van der Waals surface area contributed by atoms with E-state index < -0.39 is 0 Å². The third kappa shape index (κ3) is 3.62. The van der Waals surface area contributed by atoms with Gasteiger partial charge in [0.15, 0.2) is 11.5 Å². The highest BCUT2D eigenvalue weighted by Crippen LogP contribution is 2.39. The highest BCUT2D eigenvalue weighted by Gasteiger charge is 2.21. The molecule has 1 atom stereocenters. The van der Waals surface area contributed by atoms with Crippen LogP contribution in [0.4, 0.5) is 0 Å². The molecule has 1 aliphatic rings. The standard InChI is InChI=1S/C22H23NO2S/c1-16(17-6-3-2-4-7-17)14-23-9-10-25-22-19(15-23)12-18(13-20(22)24)21-8-5-11-26-21/h2-8,11-13,16,24H,9-10,14-15H2,1H3. The Morgan fingerprint density at radius 3 is 2.77 bits per heavy atom. The van der Waals surface area contributed by atoms with Gasteiger partial charge >= 0.3 is 0 Å². The molecule has 1 N–H and O–H groups in total. The lowest BCUT2D eigenvalue weighted by Gasteiger charge is -2.24. The summed E-state index contributed by atoms with van der Waals surface area (Å²) in [5.41, 5.74) is 3.47. The van der Waals surface area contributed by atoms with E-state index >= 15 is 0 Å². The third-order valence-corrected chi connectivity index (χ3v) is 5.82. The summed E-state index contributed by atoms with van der Waals surface area (Å²) in [6, 6.07) is 18.7. The minimum Gasteiger partial charge on any atom is -0.504 e. The highest BCUT2D eigenvalue weighted by atomic mass is 32.1. The predicted octanol–water partition coefficient (Wildman–Crippen LogP) is 5.12. The van der Waals surface area contributed by atoms with Gasteiger partial charge in [-0.25, -0.2) is 0 Å². The van der Waals surface area contributed by atoms with Crippen molar-refractivity contribution >= 4 is 11.3 Å². The maximum absolute atomic E-state index is 10.5. The fraction of sp³-hybridized carbons (Fsp3) is 0.273. The van der Waals surface area contributed by atoms with Crippen molar-refractivity contribution in [3.8, 4) is 21.9 Å². The lowest BCUT2D eigenvalue weighted by Crippen LogP contribution is -2.29. The number of ether oxygens (including phenoxy) is 1. The maximum Gasteiger partial charge on any atom is 0.165 e. The van der Waals surface area contributed by atoms with E-state index in [1.54, 1.807) is 11.3 Å². The Morgan fingerprint density at radius 2 is 2.00 bits per heavy atom. The van der Waals surface area contributed by atoms with E-state index in [0.29, 0.717) is 18.3 Å². The average Bonchev–Trinajstić information content (AvgIpc) is 3.11. The van der Waals surface area contributed by atoms with Gasteiger partial charge in [-0.15, -0.1) is 11.3 Å². The smallest absolute Gasteiger partial charge is 0.165 e. The lowest BCUT2D eigenvalue weighted by molar-refractivity contribution is 0.216. The van der Waals surface area contributed by atoms with Crippen molar-refractivity contribution in [3.63, 3.8) is 0 Å². The first-order valence-corrected chi connectivity index (χ1v) is 9.88. The fourth-order valence-electron chi connectivity index (χ4n) is 3.57. The first kappa shape index (κ1) is 17.1. The van der Waals surface area contributed by atoms with E-state index in [9.17, 15) is 5.11 Å². The van der Waals surface area contributed by atoms with Crippen molar-refractivity contribution in [3.05, 3.63) is 71.1 Å². The maximum atomic E-state index is 10.5. The van der Waals surface area contributed by atoms with Crippen LogP contribution in [0.1, 0.15) is 24.0 Å². The Labute approximate surface area is 158 Å². The molecular weight excluding hydrogens is 342 g/mol. The molecule has 3 aromatic rings. The number of hydrogen-bond donors (Lipinski definition) is 1. The summed E-state index contributed by atoms with van der Waals surface area (Å²) in [4.78, 5) is 3.58. The van der Waals surface area contributed by atoms with Crippen LogP contribution < -0.4 is 4.74 Å². The van der Waals surface area contributed by atoms with Gasteiger partial charge in [-0.1, -0.05) is 43.3 Å². The monoisotopic (exact) mass is 365 g/mol. The Morgan fingerprint density at radius 1 is 1.15 bits per heavy atom. The largest absolute Gasteiger partial charge is 0.504 e. The molecule has 0 saturated carbocycles. The van der Waals surface area contributed by atoms with E-state index in [1.807, 2.05) is 12.1 Å². The summed E-state index contributed by atoms with van der Waals surface area (Å²) < 4.78 is 5.88. The van der Waals surface area contributed by atoms with Crippen molar-refractivity contribution in [2.45, 2.75) is 19.4 Å². The molecule has 4 rings (SSSR count). The van der Waals surface area contributed by atoms with Gasteiger partial charge in [0.1, 0.15) is 6.61 Å². The van der Waals surface area contributed by atoms with Gasteiger partial charge in [0, 0.05) is 30.1 Å². The van der Waals surface area contributed by atoms with Crippen LogP contribution in [-0.4, -0.2) is 29.7 Å². The van der Waals surface area contributed by atoms with Crippen LogP contribution in [0.5, 0.6) is 11.5 Å². The minimum absolute atomic E-state index is 0.240. The van der Waals surface area contributed by atoms with E-state index in [2.05, 4.69) is 59.7 Å². The molecule has 2 aromatic carbocycles. The first-order chi connectivity index (χ1) is 12.7. The number of hydrogen-bond acceptors (Lipinski definition) is 4. The molecule has 0 saturated heterocycles. The molecule has 134 valence electrons. The van der Waals surface area contributed by atoms with Gasteiger partial charge in [-0.2, -0.15) is 0 Å². The van der Waals surface area contributed by atoms with Gasteiger partial charge in [0.2, 0.25) is 0 Å². The number of fused-ring (bicyclic) bond motifs is 1. The quantitative estimate of drug-likeness (QED) is 0.697. The molecule has 0 radical (unpaired) electrons. The van der Waals surface area contributed by atoms with Gasteiger partial charge in [0.05, 0.1) is 0 Å². The summed E-state index contributed by atoms with van der Waals surface area (Å²) in [6.45, 7) is 5.48. The van der Waals surface area contributed by atoms with Gasteiger partial charge < -0.3 is 9.84 Å². The molecule has 1 aliphatic heterocycles. The van der Waals surface area contributed by atoms with Crippen molar-refractivity contribution in [1.82, 2.24) is 4.90 Å². The molecule has 1 aromatic heterocycles. The van der Waals surface area contributed by atoms with Crippen molar-refractivity contribution in [2.24, 2.45) is 0 Å². The third-order valence-electron chi connectivity index (χ3n) is 4.90. The summed E-state index contributed by atoms with van der Waals surface area (Å²) >= 11 is 1.68. The SMILES string of the molecule is CC(CN1CCOc2c(O)cc(-c3cccs3)cc2C1)c1ccccc1.